The second kappa shape index (κ2) is 6.19. The van der Waals surface area contributed by atoms with Crippen LogP contribution in [0.25, 0.3) is 0 Å². The predicted molar refractivity (Wildman–Crippen MR) is 37.4 cm³/mol. The maximum Gasteiger partial charge on any atom is 1.00 e. The number of aliphatic hydroxyl groups excluding tert-OH is 1. The van der Waals surface area contributed by atoms with E-state index in [0.717, 1.165) is 0 Å². The van der Waals surface area contributed by atoms with E-state index in [1.165, 1.54) is 0 Å². The Labute approximate surface area is 114 Å². The normalized spacial score (nSPS) is 37.4. The molecule has 1 N–H and O–H groups in total. The molecule has 2 fully saturated rings. The third kappa shape index (κ3) is 3.16. The van der Waals surface area contributed by atoms with Crippen LogP contribution in [0.3, 0.4) is 0 Å². The zero-order valence-electron chi connectivity index (χ0n) is 8.04. The van der Waals surface area contributed by atoms with Gasteiger partial charge in [-0.1, -0.05) is 0 Å². The van der Waals surface area contributed by atoms with E-state index in [9.17, 15) is 15.2 Å². The Hall–Kier alpha value is 0.370. The molecule has 0 bridgehead atoms. The summed E-state index contributed by atoms with van der Waals surface area (Å²) >= 11 is 0. The van der Waals surface area contributed by atoms with Gasteiger partial charge < -0.3 is 31.8 Å². The third-order valence-electron chi connectivity index (χ3n) is 2.20. The van der Waals surface area contributed by atoms with Crippen LogP contribution in [0.15, 0.2) is 0 Å². The number of rotatable bonds is 2. The fourth-order valence-corrected chi connectivity index (χ4v) is 1.64. The molecule has 0 radical (unpaired) electrons. The van der Waals surface area contributed by atoms with Gasteiger partial charge in [0.25, 0.3) is 5.09 Å². The third-order valence-corrected chi connectivity index (χ3v) is 2.20. The maximum absolute atomic E-state index is 10.0. The van der Waals surface area contributed by atoms with Gasteiger partial charge in [-0.3, -0.25) is 0 Å². The van der Waals surface area contributed by atoms with Crippen molar-refractivity contribution in [2.75, 3.05) is 13.2 Å². The summed E-state index contributed by atoms with van der Waals surface area (Å²) in [5, 5.41) is 18.4. The summed E-state index contributed by atoms with van der Waals surface area (Å²) in [6, 6.07) is 0. The quantitative estimate of drug-likeness (QED) is 0.297. The Morgan fingerprint density at radius 1 is 1.33 bits per heavy atom. The van der Waals surface area contributed by atoms with Crippen LogP contribution in [-0.4, -0.2) is 47.8 Å². The molecular weight excluding hydrogens is 241 g/mol. The first-order valence-electron chi connectivity index (χ1n) is 3.91. The van der Waals surface area contributed by atoms with Crippen molar-refractivity contribution in [3.63, 3.8) is 0 Å². The molecule has 4 atom stereocenters. The molecule has 0 aromatic carbocycles. The number of ether oxygens (including phenoxy) is 2. The van der Waals surface area contributed by atoms with E-state index in [1.54, 1.807) is 0 Å². The van der Waals surface area contributed by atoms with Crippen LogP contribution in [0.4, 0.5) is 0 Å². The second-order valence-corrected chi connectivity index (χ2v) is 3.03. The van der Waals surface area contributed by atoms with Crippen molar-refractivity contribution in [1.29, 1.82) is 0 Å². The van der Waals surface area contributed by atoms with Crippen LogP contribution in [0.2, 0.25) is 0 Å². The van der Waals surface area contributed by atoms with Gasteiger partial charge >= 0.3 is 29.6 Å². The van der Waals surface area contributed by atoms with E-state index in [1.807, 2.05) is 0 Å². The van der Waals surface area contributed by atoms with Gasteiger partial charge in [-0.2, -0.15) is 0 Å². The molecule has 0 aliphatic carbocycles. The van der Waals surface area contributed by atoms with Gasteiger partial charge in [0.15, 0.2) is 6.10 Å². The molecule has 0 aromatic rings. The van der Waals surface area contributed by atoms with Crippen molar-refractivity contribution < 1.29 is 66.5 Å². The molecule has 2 aliphatic heterocycles. The number of halogens is 1. The molecule has 15 heavy (non-hydrogen) atoms. The first-order valence-corrected chi connectivity index (χ1v) is 3.91. The van der Waals surface area contributed by atoms with Crippen LogP contribution in [0.5, 0.6) is 0 Å². The molecule has 2 aliphatic rings. The summed E-state index contributed by atoms with van der Waals surface area (Å²) in [6.45, 7) is 0.236. The summed E-state index contributed by atoms with van der Waals surface area (Å²) in [5.74, 6) is 0. The Kier molecular flexibility index (Phi) is 6.34. The van der Waals surface area contributed by atoms with Crippen LogP contribution >= 0.6 is 0 Å². The monoisotopic (exact) mass is 249 g/mol. The zero-order chi connectivity index (χ0) is 9.42. The first kappa shape index (κ1) is 15.4. The number of hydrogen-bond donors (Lipinski definition) is 1. The van der Waals surface area contributed by atoms with E-state index in [2.05, 4.69) is 4.84 Å². The molecule has 82 valence electrons. The fourth-order valence-electron chi connectivity index (χ4n) is 1.64. The van der Waals surface area contributed by atoms with Gasteiger partial charge in [0.1, 0.15) is 18.3 Å². The van der Waals surface area contributed by atoms with Gasteiger partial charge in [-0.15, -0.1) is 10.1 Å². The summed E-state index contributed by atoms with van der Waals surface area (Å²) < 4.78 is 10.2. The molecule has 7 nitrogen and oxygen atoms in total. The topological polar surface area (TPSA) is 91.1 Å². The molecule has 0 unspecified atom stereocenters. The van der Waals surface area contributed by atoms with Gasteiger partial charge in [0.2, 0.25) is 0 Å². The van der Waals surface area contributed by atoms with E-state index >= 15 is 0 Å². The smallest absolute Gasteiger partial charge is 1.00 e. The predicted octanol–water partition coefficient (Wildman–Crippen LogP) is -7.27. The number of fused-ring (bicyclic) bond motifs is 1. The van der Waals surface area contributed by atoms with Gasteiger partial charge in [0, 0.05) is 0 Å². The fraction of sp³-hybridized carbons (Fsp3) is 1.00. The molecule has 2 heterocycles. The van der Waals surface area contributed by atoms with E-state index < -0.39 is 29.5 Å². The van der Waals surface area contributed by atoms with Crippen molar-refractivity contribution in [3.8, 4) is 0 Å². The maximum atomic E-state index is 10.0. The molecule has 0 saturated carbocycles. The van der Waals surface area contributed by atoms with Crippen LogP contribution in [-0.2, 0) is 14.3 Å². The Morgan fingerprint density at radius 3 is 2.53 bits per heavy atom. The van der Waals surface area contributed by atoms with Crippen LogP contribution in [0.1, 0.15) is 0 Å². The van der Waals surface area contributed by atoms with Crippen molar-refractivity contribution in [2.45, 2.75) is 24.4 Å². The van der Waals surface area contributed by atoms with Gasteiger partial charge in [-0.25, -0.2) is 0 Å². The molecule has 0 aromatic heterocycles. The van der Waals surface area contributed by atoms with E-state index in [4.69, 9.17) is 9.47 Å². The minimum atomic E-state index is -0.871. The minimum absolute atomic E-state index is 0. The van der Waals surface area contributed by atoms with Gasteiger partial charge in [0.05, 0.1) is 13.2 Å². The number of hydrogen-bond acceptors (Lipinski definition) is 6. The molecule has 9 heteroatoms. The summed E-state index contributed by atoms with van der Waals surface area (Å²) in [6.07, 6.45) is -2.41. The van der Waals surface area contributed by atoms with Crippen LogP contribution < -0.4 is 42.0 Å². The molecule has 2 rings (SSSR count). The van der Waals surface area contributed by atoms with Crippen molar-refractivity contribution in [3.05, 3.63) is 10.1 Å². The summed E-state index contributed by atoms with van der Waals surface area (Å²) in [4.78, 5) is 14.4. The van der Waals surface area contributed by atoms with Crippen LogP contribution in [0, 0.1) is 10.1 Å². The first-order chi connectivity index (χ1) is 6.18. The number of aliphatic hydroxyl groups is 1. The van der Waals surface area contributed by atoms with Crippen molar-refractivity contribution in [1.82, 2.24) is 0 Å². The Bertz CT molecular complexity index is 232. The Morgan fingerprint density at radius 2 is 1.93 bits per heavy atom. The Balaban J connectivity index is 0.000000980. The molecule has 0 spiro atoms. The van der Waals surface area contributed by atoms with Gasteiger partial charge in [-0.05, 0) is 0 Å². The summed E-state index contributed by atoms with van der Waals surface area (Å²) in [7, 11) is 0. The molecule has 2 saturated heterocycles. The zero-order valence-corrected chi connectivity index (χ0v) is 10.8. The SMILES string of the molecule is O=[N+]([O-])O[C@H]1CO[C@H]2[C@@H]1OC[C@H]2O.[Cl-].[Na+]. The average molecular weight is 250 g/mol. The average Bonchev–Trinajstić information content (AvgIpc) is 2.56. The summed E-state index contributed by atoms with van der Waals surface area (Å²) in [5.41, 5.74) is 0. The largest absolute Gasteiger partial charge is 1.00 e. The number of nitrogens with zero attached hydrogens (tertiary/aromatic N) is 1. The molecular formula is C6H9ClNNaO6. The standard InChI is InChI=1S/C6H9NO6.ClH.Na/c8-3-1-11-6-4(13-7(9)10)2-12-5(3)6;;/h3-6,8H,1-2H2;1H;/q;;+1/p-1/t3-,4+,5-,6-;;/m1../s1. The van der Waals surface area contributed by atoms with Crippen molar-refractivity contribution in [2.24, 2.45) is 0 Å². The molecule has 0 amide bonds. The van der Waals surface area contributed by atoms with E-state index in [0.29, 0.717) is 0 Å². The second-order valence-electron chi connectivity index (χ2n) is 3.03. The van der Waals surface area contributed by atoms with Crippen molar-refractivity contribution >= 4 is 0 Å². The minimum Gasteiger partial charge on any atom is -1.00 e. The van der Waals surface area contributed by atoms with E-state index in [-0.39, 0.29) is 55.2 Å².